The van der Waals surface area contributed by atoms with Gasteiger partial charge in [0, 0.05) is 5.92 Å². The molecular weight excluding hydrogens is 288 g/mol. The van der Waals surface area contributed by atoms with Crippen molar-refractivity contribution in [1.82, 2.24) is 0 Å². The molecule has 0 N–H and O–H groups in total. The van der Waals surface area contributed by atoms with E-state index in [1.165, 1.54) is 11.1 Å². The van der Waals surface area contributed by atoms with E-state index in [4.69, 9.17) is 0 Å². The molecule has 0 saturated carbocycles. The van der Waals surface area contributed by atoms with E-state index in [0.717, 1.165) is 6.42 Å². The predicted molar refractivity (Wildman–Crippen MR) is 107 cm³/mol. The zero-order valence-corrected chi connectivity index (χ0v) is 15.4. The van der Waals surface area contributed by atoms with Gasteiger partial charge in [0.25, 0.3) is 0 Å². The van der Waals surface area contributed by atoms with Crippen LogP contribution in [0.15, 0.2) is 78.9 Å². The summed E-state index contributed by atoms with van der Waals surface area (Å²) in [4.78, 5) is 0. The molecule has 0 amide bonds. The molecule has 3 atom stereocenters. The zero-order chi connectivity index (χ0) is 17.4. The van der Waals surface area contributed by atoms with Gasteiger partial charge in [-0.25, -0.2) is 0 Å². The molecule has 0 bridgehead atoms. The molecule has 4 rings (SSSR count). The fourth-order valence-electron chi connectivity index (χ4n) is 3.56. The van der Waals surface area contributed by atoms with Crippen molar-refractivity contribution in [3.8, 4) is 0 Å². The van der Waals surface area contributed by atoms with Crippen LogP contribution in [0.3, 0.4) is 0 Å². The number of hydrogen-bond donors (Lipinski definition) is 0. The first-order chi connectivity index (χ1) is 11.8. The molecule has 0 aromatic heterocycles. The molecule has 24 heavy (non-hydrogen) atoms. The minimum atomic E-state index is 0.631. The van der Waals surface area contributed by atoms with Crippen LogP contribution < -0.4 is 0 Å². The molecule has 0 heterocycles. The summed E-state index contributed by atoms with van der Waals surface area (Å²) in [5, 5.41) is 0. The number of rotatable bonds is 1. The van der Waals surface area contributed by atoms with Gasteiger partial charge < -0.3 is 0 Å². The van der Waals surface area contributed by atoms with E-state index < -0.39 is 0 Å². The standard InChI is InChI=1S/C14H14.C8H10.C2H6/c1-10-11-6-2-4-8-13(11)14-9-5-3-7-12(10)14;1-2-8-6-4-3-5-7-8;1-2/h2-11,13H,1H3;3-7H,2H2,1H3;1-2H3. The van der Waals surface area contributed by atoms with Crippen LogP contribution in [-0.2, 0) is 6.42 Å². The Balaban J connectivity index is 0.000000179. The minimum absolute atomic E-state index is 0.631. The first kappa shape index (κ1) is 18.3. The second-order valence-corrected chi connectivity index (χ2v) is 6.13. The third-order valence-electron chi connectivity index (χ3n) is 4.85. The van der Waals surface area contributed by atoms with Crippen molar-refractivity contribution in [2.75, 3.05) is 0 Å². The Labute approximate surface area is 147 Å². The molecule has 2 aromatic carbocycles. The van der Waals surface area contributed by atoms with Gasteiger partial charge >= 0.3 is 0 Å². The molecule has 0 nitrogen and oxygen atoms in total. The summed E-state index contributed by atoms with van der Waals surface area (Å²) in [7, 11) is 0. The Morgan fingerprint density at radius 3 is 1.96 bits per heavy atom. The van der Waals surface area contributed by atoms with Gasteiger partial charge in [-0.3, -0.25) is 0 Å². The SMILES string of the molecule is CC.CC1c2ccccc2C2C=CC=CC12.CCc1ccccc1. The maximum Gasteiger partial charge on any atom is 0.00926 e. The Morgan fingerprint density at radius 2 is 1.33 bits per heavy atom. The molecule has 0 heteroatoms. The third-order valence-corrected chi connectivity index (χ3v) is 4.85. The molecule has 3 unspecified atom stereocenters. The van der Waals surface area contributed by atoms with E-state index in [9.17, 15) is 0 Å². The van der Waals surface area contributed by atoms with Gasteiger partial charge in [-0.1, -0.05) is 107 Å². The Bertz CT molecular complexity index is 663. The normalized spacial score (nSPS) is 22.4. The highest BCUT2D eigenvalue weighted by atomic mass is 14.4. The van der Waals surface area contributed by atoms with E-state index in [2.05, 4.69) is 86.7 Å². The summed E-state index contributed by atoms with van der Waals surface area (Å²) in [5.74, 6) is 2.00. The largest absolute Gasteiger partial charge is 0.0799 e. The maximum absolute atomic E-state index is 2.36. The van der Waals surface area contributed by atoms with Gasteiger partial charge in [-0.2, -0.15) is 0 Å². The molecule has 0 aliphatic heterocycles. The Hall–Kier alpha value is -2.08. The third kappa shape index (κ3) is 4.06. The lowest BCUT2D eigenvalue weighted by atomic mass is 9.85. The van der Waals surface area contributed by atoms with Crippen molar-refractivity contribution < 1.29 is 0 Å². The van der Waals surface area contributed by atoms with Crippen LogP contribution in [0, 0.1) is 5.92 Å². The van der Waals surface area contributed by atoms with Gasteiger partial charge in [0.2, 0.25) is 0 Å². The van der Waals surface area contributed by atoms with E-state index in [-0.39, 0.29) is 0 Å². The summed E-state index contributed by atoms with van der Waals surface area (Å²) >= 11 is 0. The lowest BCUT2D eigenvalue weighted by Crippen LogP contribution is -2.07. The molecule has 126 valence electrons. The van der Waals surface area contributed by atoms with Gasteiger partial charge in [-0.05, 0) is 34.9 Å². The fraction of sp³-hybridized carbons (Fsp3) is 0.333. The number of allylic oxidation sites excluding steroid dienone is 4. The van der Waals surface area contributed by atoms with Crippen molar-refractivity contribution in [2.45, 2.75) is 46.0 Å². The molecular formula is C24H30. The van der Waals surface area contributed by atoms with Crippen molar-refractivity contribution >= 4 is 0 Å². The van der Waals surface area contributed by atoms with Gasteiger partial charge in [0.05, 0.1) is 0 Å². The van der Waals surface area contributed by atoms with Crippen LogP contribution in [0.4, 0.5) is 0 Å². The van der Waals surface area contributed by atoms with Crippen LogP contribution >= 0.6 is 0 Å². The summed E-state index contributed by atoms with van der Waals surface area (Å²) in [6.07, 6.45) is 10.2. The highest BCUT2D eigenvalue weighted by Gasteiger charge is 2.35. The molecule has 0 spiro atoms. The first-order valence-corrected chi connectivity index (χ1v) is 9.29. The molecule has 2 aliphatic rings. The van der Waals surface area contributed by atoms with E-state index in [1.54, 1.807) is 5.56 Å². The summed E-state index contributed by atoms with van der Waals surface area (Å²) in [5.41, 5.74) is 4.48. The fourth-order valence-corrected chi connectivity index (χ4v) is 3.56. The lowest BCUT2D eigenvalue weighted by molar-refractivity contribution is 0.543. The lowest BCUT2D eigenvalue weighted by Gasteiger charge is -2.19. The summed E-state index contributed by atoms with van der Waals surface area (Å²) in [6.45, 7) is 8.50. The quantitative estimate of drug-likeness (QED) is 0.536. The molecule has 2 aliphatic carbocycles. The van der Waals surface area contributed by atoms with Crippen molar-refractivity contribution in [3.05, 3.63) is 95.6 Å². The highest BCUT2D eigenvalue weighted by molar-refractivity contribution is 5.45. The van der Waals surface area contributed by atoms with Crippen LogP contribution in [0.25, 0.3) is 0 Å². The Kier molecular flexibility index (Phi) is 7.06. The van der Waals surface area contributed by atoms with Crippen molar-refractivity contribution in [2.24, 2.45) is 5.92 Å². The predicted octanol–water partition coefficient (Wildman–Crippen LogP) is 6.90. The van der Waals surface area contributed by atoms with Crippen LogP contribution in [0.5, 0.6) is 0 Å². The average Bonchev–Trinajstić information content (AvgIpc) is 2.98. The van der Waals surface area contributed by atoms with Crippen LogP contribution in [0.2, 0.25) is 0 Å². The number of fused-ring (bicyclic) bond motifs is 3. The second-order valence-electron chi connectivity index (χ2n) is 6.13. The van der Waals surface area contributed by atoms with Gasteiger partial charge in [0.15, 0.2) is 0 Å². The minimum Gasteiger partial charge on any atom is -0.0799 e. The number of benzene rings is 2. The maximum atomic E-state index is 2.36. The first-order valence-electron chi connectivity index (χ1n) is 9.29. The van der Waals surface area contributed by atoms with E-state index >= 15 is 0 Å². The van der Waals surface area contributed by atoms with Gasteiger partial charge in [0.1, 0.15) is 0 Å². The Morgan fingerprint density at radius 1 is 0.750 bits per heavy atom. The monoisotopic (exact) mass is 318 g/mol. The molecule has 2 aromatic rings. The summed E-state index contributed by atoms with van der Waals surface area (Å²) in [6, 6.07) is 19.3. The molecule has 0 saturated heterocycles. The second kappa shape index (κ2) is 9.27. The van der Waals surface area contributed by atoms with Gasteiger partial charge in [-0.15, -0.1) is 0 Å². The summed E-state index contributed by atoms with van der Waals surface area (Å²) < 4.78 is 0. The topological polar surface area (TPSA) is 0 Å². The van der Waals surface area contributed by atoms with Crippen LogP contribution in [-0.4, -0.2) is 0 Å². The molecule has 0 radical (unpaired) electrons. The number of aryl methyl sites for hydroxylation is 1. The number of hydrogen-bond acceptors (Lipinski definition) is 0. The van der Waals surface area contributed by atoms with E-state index in [1.807, 2.05) is 19.9 Å². The zero-order valence-electron chi connectivity index (χ0n) is 15.4. The van der Waals surface area contributed by atoms with Crippen LogP contribution in [0.1, 0.15) is 56.2 Å². The average molecular weight is 319 g/mol. The smallest absolute Gasteiger partial charge is 0.00926 e. The molecule has 0 fully saturated rings. The van der Waals surface area contributed by atoms with Crippen molar-refractivity contribution in [3.63, 3.8) is 0 Å². The van der Waals surface area contributed by atoms with Crippen molar-refractivity contribution in [1.29, 1.82) is 0 Å². The van der Waals surface area contributed by atoms with E-state index in [0.29, 0.717) is 17.8 Å². The highest BCUT2D eigenvalue weighted by Crippen LogP contribution is 2.48.